The smallest absolute Gasteiger partial charge is 0.380 e. The van der Waals surface area contributed by atoms with Crippen molar-refractivity contribution in [1.82, 2.24) is 9.55 Å². The third-order valence-corrected chi connectivity index (χ3v) is 7.28. The molecule has 12 nitrogen and oxygen atoms in total. The van der Waals surface area contributed by atoms with E-state index in [1.165, 1.54) is 19.1 Å². The molecule has 1 aliphatic heterocycles. The maximum Gasteiger partial charge on any atom is 0.380 e. The molecule has 0 radical (unpaired) electrons. The van der Waals surface area contributed by atoms with Gasteiger partial charge in [0.15, 0.2) is 11.9 Å². The molecule has 0 aliphatic carbocycles. The van der Waals surface area contributed by atoms with Crippen molar-refractivity contribution in [2.75, 3.05) is 18.2 Å². The molecule has 1 aliphatic rings. The average Bonchev–Trinajstić information content (AvgIpc) is 3.06. The van der Waals surface area contributed by atoms with Gasteiger partial charge in [0.2, 0.25) is 6.23 Å². The fourth-order valence-corrected chi connectivity index (χ4v) is 5.33. The maximum absolute atomic E-state index is 14.9. The molecule has 2 aromatic rings. The topological polar surface area (TPSA) is 158 Å². The number of anilines is 1. The van der Waals surface area contributed by atoms with Crippen molar-refractivity contribution in [3.05, 3.63) is 53.1 Å². The van der Waals surface area contributed by atoms with Crippen LogP contribution in [0.4, 0.5) is 14.6 Å². The van der Waals surface area contributed by atoms with Gasteiger partial charge in [-0.15, -0.1) is 0 Å². The summed E-state index contributed by atoms with van der Waals surface area (Å²) >= 11 is 0. The number of aliphatic hydroxyl groups is 1. The van der Waals surface area contributed by atoms with Gasteiger partial charge >= 0.3 is 25.2 Å². The number of nitrogens with zero attached hydrogens (tertiary/aromatic N) is 2. The predicted octanol–water partition coefficient (Wildman–Crippen LogP) is 2.81. The van der Waals surface area contributed by atoms with Crippen molar-refractivity contribution in [3.8, 4) is 5.75 Å². The molecule has 0 saturated carbocycles. The number of hydrogen-bond donors (Lipinski definition) is 3. The standard InChI is InChI=1S/C22H28F2N3O9P/c1-13(2)34-19(29)14(3)12-37(32,36-15-7-5-4-6-8-15)33-11-16-18(28)22(23,24)20(35-16)27-10-9-17(26-31)25-21(27)30/h4-10,13-14,16,18,20,28,31H,11-12H2,1-3H3,(H,25,26,30)/t14-,16-,18+,20-,37?/m1/s1. The van der Waals surface area contributed by atoms with Gasteiger partial charge in [-0.1, -0.05) is 25.1 Å². The third kappa shape index (κ3) is 6.90. The minimum absolute atomic E-state index is 0.140. The largest absolute Gasteiger partial charge is 0.463 e. The molecular formula is C22H28F2N3O9P. The number of carbonyl (C=O) groups excluding carboxylic acids is 1. The lowest BCUT2D eigenvalue weighted by Crippen LogP contribution is -2.42. The van der Waals surface area contributed by atoms with Crippen LogP contribution < -0.4 is 15.7 Å². The number of nitrogens with one attached hydrogen (secondary N) is 1. The molecule has 3 rings (SSSR count). The van der Waals surface area contributed by atoms with Crippen LogP contribution in [0, 0.1) is 5.92 Å². The first-order valence-corrected chi connectivity index (χ1v) is 13.0. The fraction of sp³-hybridized carbons (Fsp3) is 0.500. The highest BCUT2D eigenvalue weighted by Gasteiger charge is 2.60. The molecule has 0 amide bonds. The second-order valence-corrected chi connectivity index (χ2v) is 10.7. The number of alkyl halides is 2. The molecule has 1 saturated heterocycles. The highest BCUT2D eigenvalue weighted by molar-refractivity contribution is 7.54. The van der Waals surface area contributed by atoms with E-state index in [1.807, 2.05) is 0 Å². The molecule has 2 heterocycles. The number of para-hydroxylation sites is 1. The quantitative estimate of drug-likeness (QED) is 0.216. The lowest BCUT2D eigenvalue weighted by Gasteiger charge is -2.24. The second-order valence-electron chi connectivity index (χ2n) is 8.64. The van der Waals surface area contributed by atoms with Gasteiger partial charge in [0.25, 0.3) is 0 Å². The molecule has 0 bridgehead atoms. The van der Waals surface area contributed by atoms with E-state index in [0.717, 1.165) is 12.3 Å². The molecule has 1 fully saturated rings. The zero-order chi connectivity index (χ0) is 27.4. The Kier molecular flexibility index (Phi) is 9.03. The number of rotatable bonds is 11. The Morgan fingerprint density at radius 2 is 1.95 bits per heavy atom. The van der Waals surface area contributed by atoms with Crippen molar-refractivity contribution >= 4 is 19.4 Å². The Labute approximate surface area is 210 Å². The summed E-state index contributed by atoms with van der Waals surface area (Å²) in [7, 11) is -4.18. The second kappa shape index (κ2) is 11.7. The van der Waals surface area contributed by atoms with Crippen LogP contribution in [-0.2, 0) is 23.4 Å². The minimum Gasteiger partial charge on any atom is -0.463 e. The fourth-order valence-electron chi connectivity index (χ4n) is 3.46. The maximum atomic E-state index is 14.9. The van der Waals surface area contributed by atoms with Crippen LogP contribution in [0.15, 0.2) is 47.4 Å². The van der Waals surface area contributed by atoms with Crippen LogP contribution in [-0.4, -0.2) is 62.8 Å². The molecule has 3 N–H and O–H groups in total. The number of halogens is 2. The Morgan fingerprint density at radius 3 is 2.54 bits per heavy atom. The molecule has 204 valence electrons. The van der Waals surface area contributed by atoms with Crippen molar-refractivity contribution in [3.63, 3.8) is 0 Å². The number of aliphatic hydroxyl groups excluding tert-OH is 1. The van der Waals surface area contributed by atoms with E-state index >= 15 is 0 Å². The zero-order valence-corrected chi connectivity index (χ0v) is 21.1. The van der Waals surface area contributed by atoms with Gasteiger partial charge in [0.1, 0.15) is 11.9 Å². The summed E-state index contributed by atoms with van der Waals surface area (Å²) in [6.45, 7) is 3.92. The Bertz CT molecular complexity index is 1180. The van der Waals surface area contributed by atoms with Crippen LogP contribution in [0.5, 0.6) is 5.75 Å². The average molecular weight is 547 g/mol. The minimum atomic E-state index is -4.18. The van der Waals surface area contributed by atoms with Crippen molar-refractivity contribution < 1.29 is 47.0 Å². The van der Waals surface area contributed by atoms with Gasteiger partial charge in [0.05, 0.1) is 24.8 Å². The first-order valence-electron chi connectivity index (χ1n) is 11.3. The van der Waals surface area contributed by atoms with Crippen LogP contribution >= 0.6 is 7.60 Å². The third-order valence-electron chi connectivity index (χ3n) is 5.25. The number of hydrogen-bond acceptors (Lipinski definition) is 11. The molecule has 1 unspecified atom stereocenters. The van der Waals surface area contributed by atoms with Gasteiger partial charge < -0.3 is 19.1 Å². The van der Waals surface area contributed by atoms with Gasteiger partial charge in [0, 0.05) is 6.20 Å². The molecular weight excluding hydrogens is 519 g/mol. The predicted molar refractivity (Wildman–Crippen MR) is 125 cm³/mol. The monoisotopic (exact) mass is 547 g/mol. The Balaban J connectivity index is 1.79. The van der Waals surface area contributed by atoms with Gasteiger partial charge in [-0.2, -0.15) is 13.8 Å². The normalized spacial score (nSPS) is 23.3. The van der Waals surface area contributed by atoms with Gasteiger partial charge in [-0.3, -0.25) is 24.6 Å². The highest BCUT2D eigenvalue weighted by atomic mass is 31.2. The summed E-state index contributed by atoms with van der Waals surface area (Å²) in [5.74, 6) is -5.71. The molecule has 15 heteroatoms. The number of esters is 1. The summed E-state index contributed by atoms with van der Waals surface area (Å²) in [5, 5.41) is 19.1. The van der Waals surface area contributed by atoms with Gasteiger partial charge in [-0.25, -0.2) is 9.36 Å². The van der Waals surface area contributed by atoms with Crippen molar-refractivity contribution in [2.45, 2.75) is 51.2 Å². The summed E-state index contributed by atoms with van der Waals surface area (Å²) in [4.78, 5) is 27.8. The molecule has 5 atom stereocenters. The summed E-state index contributed by atoms with van der Waals surface area (Å²) in [5.41, 5.74) is 0.427. The van der Waals surface area contributed by atoms with Crippen LogP contribution in [0.2, 0.25) is 0 Å². The van der Waals surface area contributed by atoms with Crippen molar-refractivity contribution in [1.29, 1.82) is 0 Å². The first-order chi connectivity index (χ1) is 17.4. The number of ether oxygens (including phenoxy) is 2. The number of carbonyl (C=O) groups is 1. The Morgan fingerprint density at radius 1 is 1.27 bits per heavy atom. The summed E-state index contributed by atoms with van der Waals surface area (Å²) < 4.78 is 65.1. The number of aromatic nitrogens is 2. The number of benzene rings is 1. The van der Waals surface area contributed by atoms with Crippen molar-refractivity contribution in [2.24, 2.45) is 5.92 Å². The highest BCUT2D eigenvalue weighted by Crippen LogP contribution is 2.51. The lowest BCUT2D eigenvalue weighted by atomic mass is 10.1. The molecule has 0 spiro atoms. The molecule has 37 heavy (non-hydrogen) atoms. The lowest BCUT2D eigenvalue weighted by molar-refractivity contribution is -0.151. The van der Waals surface area contributed by atoms with Crippen LogP contribution in [0.25, 0.3) is 0 Å². The van der Waals surface area contributed by atoms with Gasteiger partial charge in [-0.05, 0) is 32.0 Å². The van der Waals surface area contributed by atoms with E-state index in [4.69, 9.17) is 23.7 Å². The van der Waals surface area contributed by atoms with E-state index in [9.17, 15) is 28.0 Å². The molecule has 1 aromatic heterocycles. The van der Waals surface area contributed by atoms with E-state index in [2.05, 4.69) is 4.98 Å². The summed E-state index contributed by atoms with van der Waals surface area (Å²) in [6.07, 6.45) is -6.42. The SMILES string of the molecule is CC(C)OC(=O)[C@H](C)CP(=O)(OC[C@H]1O[C@@H](n2ccc(NO)nc2=O)C(F)(F)[C@H]1O)Oc1ccccc1. The van der Waals surface area contributed by atoms with E-state index in [1.54, 1.807) is 37.5 Å². The van der Waals surface area contributed by atoms with E-state index in [0.29, 0.717) is 4.57 Å². The Hall–Kier alpha value is -2.90. The molecule has 1 aromatic carbocycles. The summed E-state index contributed by atoms with van der Waals surface area (Å²) in [6, 6.07) is 8.91. The van der Waals surface area contributed by atoms with Crippen LogP contribution in [0.1, 0.15) is 27.0 Å². The van der Waals surface area contributed by atoms with E-state index in [-0.39, 0.29) is 11.6 Å². The van der Waals surface area contributed by atoms with E-state index < -0.39 is 68.4 Å². The first kappa shape index (κ1) is 28.7. The van der Waals surface area contributed by atoms with Crippen LogP contribution in [0.3, 0.4) is 0 Å². The zero-order valence-electron chi connectivity index (χ0n) is 20.2.